The monoisotopic (exact) mass is 272 g/mol. The molecule has 0 spiro atoms. The Kier molecular flexibility index (Phi) is 3.95. The summed E-state index contributed by atoms with van der Waals surface area (Å²) in [6, 6.07) is 11.2. The van der Waals surface area contributed by atoms with E-state index < -0.39 is 23.5 Å². The average Bonchev–Trinajstić information content (AvgIpc) is 2.45. The number of hydrogen-bond acceptors (Lipinski definition) is 3. The largest absolute Gasteiger partial charge is 0.479 e. The fourth-order valence-electron chi connectivity index (χ4n) is 1.72. The van der Waals surface area contributed by atoms with Gasteiger partial charge < -0.3 is 15.4 Å². The summed E-state index contributed by atoms with van der Waals surface area (Å²) in [5.41, 5.74) is 0.0375. The van der Waals surface area contributed by atoms with Gasteiger partial charge in [-0.15, -0.1) is 0 Å². The van der Waals surface area contributed by atoms with Crippen molar-refractivity contribution in [2.24, 2.45) is 0 Å². The Balaban J connectivity index is 2.23. The van der Waals surface area contributed by atoms with Gasteiger partial charge in [-0.3, -0.25) is 9.59 Å². The molecular weight excluding hydrogens is 260 g/mol. The Morgan fingerprint density at radius 2 is 1.75 bits per heavy atom. The van der Waals surface area contributed by atoms with Gasteiger partial charge in [0.1, 0.15) is 5.69 Å². The molecule has 1 heterocycles. The molecule has 1 aromatic heterocycles. The van der Waals surface area contributed by atoms with Crippen LogP contribution < -0.4 is 10.9 Å². The molecule has 1 amide bonds. The molecule has 1 atom stereocenters. The van der Waals surface area contributed by atoms with Gasteiger partial charge in [0, 0.05) is 6.07 Å². The zero-order valence-electron chi connectivity index (χ0n) is 10.4. The second kappa shape index (κ2) is 5.83. The first-order chi connectivity index (χ1) is 9.58. The van der Waals surface area contributed by atoms with Gasteiger partial charge in [0.25, 0.3) is 5.91 Å². The highest BCUT2D eigenvalue weighted by molar-refractivity contribution is 5.95. The molecule has 6 heteroatoms. The number of aliphatic carboxylic acids is 1. The van der Waals surface area contributed by atoms with E-state index in [1.54, 1.807) is 30.3 Å². The fourth-order valence-corrected chi connectivity index (χ4v) is 1.72. The number of carboxylic acid groups (broad SMARTS) is 1. The number of carboxylic acids is 1. The Morgan fingerprint density at radius 1 is 1.05 bits per heavy atom. The number of carbonyl (C=O) groups excluding carboxylic acids is 1. The van der Waals surface area contributed by atoms with Crippen LogP contribution in [0.3, 0.4) is 0 Å². The summed E-state index contributed by atoms with van der Waals surface area (Å²) >= 11 is 0. The molecule has 0 aliphatic heterocycles. The molecule has 2 rings (SSSR count). The number of amides is 1. The van der Waals surface area contributed by atoms with Crippen LogP contribution in [0.4, 0.5) is 0 Å². The van der Waals surface area contributed by atoms with Gasteiger partial charge in [-0.1, -0.05) is 36.4 Å². The van der Waals surface area contributed by atoms with Gasteiger partial charge in [0.2, 0.25) is 5.56 Å². The zero-order chi connectivity index (χ0) is 14.5. The predicted octanol–water partition coefficient (Wildman–Crippen LogP) is 0.931. The lowest BCUT2D eigenvalue weighted by Gasteiger charge is -2.14. The molecule has 102 valence electrons. The van der Waals surface area contributed by atoms with Gasteiger partial charge in [0.15, 0.2) is 6.04 Å². The van der Waals surface area contributed by atoms with Crippen molar-refractivity contribution >= 4 is 11.9 Å². The highest BCUT2D eigenvalue weighted by Crippen LogP contribution is 2.13. The predicted molar refractivity (Wildman–Crippen MR) is 71.3 cm³/mol. The van der Waals surface area contributed by atoms with Crippen molar-refractivity contribution in [1.29, 1.82) is 0 Å². The maximum atomic E-state index is 11.9. The van der Waals surface area contributed by atoms with E-state index in [-0.39, 0.29) is 5.69 Å². The number of pyridine rings is 1. The summed E-state index contributed by atoms with van der Waals surface area (Å²) < 4.78 is 0. The standard InChI is InChI=1S/C14H12N2O4/c17-11-8-4-7-10(15-11)13(18)16-12(14(19)20)9-5-2-1-3-6-9/h1-8,12H,(H,15,17)(H,16,18)(H,19,20)/t12-/m1/s1. The van der Waals surface area contributed by atoms with Crippen molar-refractivity contribution in [2.75, 3.05) is 0 Å². The summed E-state index contributed by atoms with van der Waals surface area (Å²) in [5, 5.41) is 11.6. The maximum Gasteiger partial charge on any atom is 0.330 e. The molecule has 0 radical (unpaired) electrons. The number of aromatic amines is 1. The number of H-pyrrole nitrogens is 1. The molecular formula is C14H12N2O4. The van der Waals surface area contributed by atoms with Crippen molar-refractivity contribution in [3.63, 3.8) is 0 Å². The van der Waals surface area contributed by atoms with E-state index >= 15 is 0 Å². The van der Waals surface area contributed by atoms with Crippen molar-refractivity contribution in [3.05, 3.63) is 70.1 Å². The van der Waals surface area contributed by atoms with E-state index in [2.05, 4.69) is 10.3 Å². The minimum atomic E-state index is -1.18. The number of carbonyl (C=O) groups is 2. The first-order valence-electron chi connectivity index (χ1n) is 5.86. The first-order valence-corrected chi connectivity index (χ1v) is 5.86. The smallest absolute Gasteiger partial charge is 0.330 e. The van der Waals surface area contributed by atoms with Crippen LogP contribution in [0.5, 0.6) is 0 Å². The Morgan fingerprint density at radius 3 is 2.35 bits per heavy atom. The maximum absolute atomic E-state index is 11.9. The number of aromatic nitrogens is 1. The van der Waals surface area contributed by atoms with Gasteiger partial charge in [-0.25, -0.2) is 4.79 Å². The van der Waals surface area contributed by atoms with Crippen LogP contribution in [-0.4, -0.2) is 22.0 Å². The molecule has 2 aromatic rings. The SMILES string of the molecule is O=C(N[C@@H](C(=O)O)c1ccccc1)c1cccc(=O)[nH]1. The van der Waals surface area contributed by atoms with Crippen LogP contribution >= 0.6 is 0 Å². The number of rotatable bonds is 4. The van der Waals surface area contributed by atoms with E-state index in [1.807, 2.05) is 0 Å². The lowest BCUT2D eigenvalue weighted by Crippen LogP contribution is -2.34. The average molecular weight is 272 g/mol. The van der Waals surface area contributed by atoms with E-state index in [9.17, 15) is 19.5 Å². The molecule has 0 saturated heterocycles. The van der Waals surface area contributed by atoms with Crippen LogP contribution in [-0.2, 0) is 4.79 Å². The normalized spacial score (nSPS) is 11.6. The van der Waals surface area contributed by atoms with Gasteiger partial charge >= 0.3 is 5.97 Å². The summed E-state index contributed by atoms with van der Waals surface area (Å²) in [6.07, 6.45) is 0. The van der Waals surface area contributed by atoms with Crippen molar-refractivity contribution in [1.82, 2.24) is 10.3 Å². The molecule has 1 aromatic carbocycles. The molecule has 0 aliphatic rings. The van der Waals surface area contributed by atoms with Crippen LogP contribution in [0.1, 0.15) is 22.1 Å². The quantitative estimate of drug-likeness (QED) is 0.771. The van der Waals surface area contributed by atoms with Crippen LogP contribution in [0.2, 0.25) is 0 Å². The minimum absolute atomic E-state index is 0.0136. The number of hydrogen-bond donors (Lipinski definition) is 3. The molecule has 0 bridgehead atoms. The molecule has 3 N–H and O–H groups in total. The van der Waals surface area contributed by atoms with E-state index in [4.69, 9.17) is 0 Å². The Hall–Kier alpha value is -2.89. The molecule has 6 nitrogen and oxygen atoms in total. The van der Waals surface area contributed by atoms with Gasteiger partial charge in [-0.05, 0) is 11.6 Å². The summed E-state index contributed by atoms with van der Waals surface area (Å²) in [4.78, 5) is 36.7. The van der Waals surface area contributed by atoms with E-state index in [0.29, 0.717) is 5.56 Å². The van der Waals surface area contributed by atoms with Gasteiger partial charge in [-0.2, -0.15) is 0 Å². The third-order valence-corrected chi connectivity index (χ3v) is 2.67. The zero-order valence-corrected chi connectivity index (χ0v) is 10.4. The lowest BCUT2D eigenvalue weighted by molar-refractivity contribution is -0.139. The highest BCUT2D eigenvalue weighted by Gasteiger charge is 2.22. The molecule has 0 unspecified atom stereocenters. The molecule has 0 saturated carbocycles. The summed E-state index contributed by atoms with van der Waals surface area (Å²) in [6.45, 7) is 0. The number of nitrogens with one attached hydrogen (secondary N) is 2. The topological polar surface area (TPSA) is 99.3 Å². The fraction of sp³-hybridized carbons (Fsp3) is 0.0714. The van der Waals surface area contributed by atoms with Crippen molar-refractivity contribution < 1.29 is 14.7 Å². The molecule has 20 heavy (non-hydrogen) atoms. The van der Waals surface area contributed by atoms with Gasteiger partial charge in [0.05, 0.1) is 0 Å². The molecule has 0 aliphatic carbocycles. The Bertz CT molecular complexity index is 679. The summed E-state index contributed by atoms with van der Waals surface area (Å²) in [5.74, 6) is -1.83. The summed E-state index contributed by atoms with van der Waals surface area (Å²) in [7, 11) is 0. The third kappa shape index (κ3) is 3.11. The number of benzene rings is 1. The van der Waals surface area contributed by atoms with Crippen LogP contribution in [0.25, 0.3) is 0 Å². The molecule has 0 fully saturated rings. The second-order valence-corrected chi connectivity index (χ2v) is 4.08. The minimum Gasteiger partial charge on any atom is -0.479 e. The van der Waals surface area contributed by atoms with Crippen molar-refractivity contribution in [2.45, 2.75) is 6.04 Å². The van der Waals surface area contributed by atoms with Crippen LogP contribution in [0.15, 0.2) is 53.3 Å². The second-order valence-electron chi connectivity index (χ2n) is 4.08. The lowest BCUT2D eigenvalue weighted by atomic mass is 10.1. The van der Waals surface area contributed by atoms with E-state index in [1.165, 1.54) is 18.2 Å². The highest BCUT2D eigenvalue weighted by atomic mass is 16.4. The van der Waals surface area contributed by atoms with Crippen LogP contribution in [0, 0.1) is 0 Å². The first kappa shape index (κ1) is 13.5. The van der Waals surface area contributed by atoms with E-state index in [0.717, 1.165) is 0 Å². The Labute approximate surface area is 114 Å². The third-order valence-electron chi connectivity index (χ3n) is 2.67. The van der Waals surface area contributed by atoms with Crippen molar-refractivity contribution in [3.8, 4) is 0 Å².